The number of rotatable bonds is 10. The lowest BCUT2D eigenvalue weighted by Crippen LogP contribution is -2.31. The smallest absolute Gasteiger partial charge is 0.306 e. The molecule has 3 aliphatic carbocycles. The van der Waals surface area contributed by atoms with E-state index in [0.29, 0.717) is 112 Å². The summed E-state index contributed by atoms with van der Waals surface area (Å²) >= 11 is 0. The molecule has 13 heteroatoms. The number of phenols is 1. The van der Waals surface area contributed by atoms with Gasteiger partial charge in [-0.2, -0.15) is 0 Å². The zero-order valence-electron chi connectivity index (χ0n) is 31.9. The maximum Gasteiger partial charge on any atom is 0.306 e. The summed E-state index contributed by atoms with van der Waals surface area (Å²) in [6.45, 7) is 3.21. The number of aliphatic carboxylic acids is 2. The first kappa shape index (κ1) is 37.1. The van der Waals surface area contributed by atoms with Gasteiger partial charge in [0.05, 0.1) is 61.2 Å². The van der Waals surface area contributed by atoms with E-state index in [2.05, 4.69) is 10.6 Å². The molecular formula is C43H44N2O11. The summed E-state index contributed by atoms with van der Waals surface area (Å²) in [6.07, 6.45) is 6.13. The van der Waals surface area contributed by atoms with Crippen molar-refractivity contribution in [2.75, 3.05) is 32.0 Å². The minimum atomic E-state index is -0.968. The lowest BCUT2D eigenvalue weighted by molar-refractivity contribution is -0.143. The highest BCUT2D eigenvalue weighted by molar-refractivity contribution is 6.40. The molecule has 0 amide bonds. The predicted octanol–water partition coefficient (Wildman–Crippen LogP) is 6.83. The Kier molecular flexibility index (Phi) is 9.08. The number of ketones is 1. The predicted molar refractivity (Wildman–Crippen MR) is 214 cm³/mol. The Labute approximate surface area is 320 Å². The molecule has 2 saturated carbocycles. The molecule has 292 valence electrons. The Morgan fingerprint density at radius 2 is 1.29 bits per heavy atom. The minimum Gasteiger partial charge on any atom is -0.505 e. The topological polar surface area (TPSA) is 198 Å². The molecule has 0 aliphatic heterocycles. The van der Waals surface area contributed by atoms with E-state index in [1.54, 1.807) is 19.1 Å². The fourth-order valence-corrected chi connectivity index (χ4v) is 10.1. The molecule has 13 nitrogen and oxygen atoms in total. The van der Waals surface area contributed by atoms with Crippen LogP contribution in [0.1, 0.15) is 82.3 Å². The summed E-state index contributed by atoms with van der Waals surface area (Å²) < 4.78 is 18.0. The quantitative estimate of drug-likeness (QED) is 0.0564. The number of carboxylic acids is 2. The number of Topliss-reactive ketones (excluding diaryl/α,β-unsaturated/α-hetero) is 1. The minimum absolute atomic E-state index is 0.0129. The number of nitrogens with one attached hydrogen (secondary N) is 2. The first-order chi connectivity index (χ1) is 26.8. The first-order valence-electron chi connectivity index (χ1n) is 19.0. The van der Waals surface area contributed by atoms with E-state index in [0.717, 1.165) is 0 Å². The number of hydrogen-bond acceptors (Lipinski definition) is 11. The third-order valence-electron chi connectivity index (χ3n) is 12.4. The van der Waals surface area contributed by atoms with Gasteiger partial charge in [-0.25, -0.2) is 0 Å². The van der Waals surface area contributed by atoms with Crippen LogP contribution < -0.4 is 35.7 Å². The second kappa shape index (κ2) is 13.7. The number of benzene rings is 5. The average Bonchev–Trinajstić information content (AvgIpc) is 3.30. The number of methoxy groups -OCH3 is 3. The molecule has 3 aliphatic rings. The van der Waals surface area contributed by atoms with Crippen molar-refractivity contribution in [1.29, 1.82) is 0 Å². The summed E-state index contributed by atoms with van der Waals surface area (Å²) in [5.74, 6) is -4.03. The van der Waals surface area contributed by atoms with Crippen LogP contribution in [0.3, 0.4) is 0 Å². The molecule has 0 heterocycles. The highest BCUT2D eigenvalue weighted by atomic mass is 16.5. The van der Waals surface area contributed by atoms with Crippen LogP contribution in [0.5, 0.6) is 23.0 Å². The normalized spacial score (nSPS) is 22.3. The van der Waals surface area contributed by atoms with Crippen molar-refractivity contribution in [2.24, 2.45) is 11.8 Å². The summed E-state index contributed by atoms with van der Waals surface area (Å²) in [4.78, 5) is 67.2. The number of hydrogen-bond donors (Lipinski definition) is 5. The van der Waals surface area contributed by atoms with Crippen LogP contribution >= 0.6 is 0 Å². The maximum atomic E-state index is 15.0. The second-order valence-corrected chi connectivity index (χ2v) is 15.6. The number of carbonyl (C=O) groups is 3. The van der Waals surface area contributed by atoms with Crippen molar-refractivity contribution in [3.63, 3.8) is 0 Å². The highest BCUT2D eigenvalue weighted by Gasteiger charge is 2.38. The van der Waals surface area contributed by atoms with Crippen molar-refractivity contribution in [3.05, 3.63) is 49.3 Å². The van der Waals surface area contributed by atoms with Gasteiger partial charge in [0, 0.05) is 62.3 Å². The number of anilines is 2. The molecule has 8 rings (SSSR count). The van der Waals surface area contributed by atoms with Crippen molar-refractivity contribution in [3.8, 4) is 23.0 Å². The Bertz CT molecular complexity index is 2650. The fourth-order valence-electron chi connectivity index (χ4n) is 10.1. The Balaban J connectivity index is 1.59. The molecule has 5 N–H and O–H groups in total. The Morgan fingerprint density at radius 1 is 0.714 bits per heavy atom. The van der Waals surface area contributed by atoms with E-state index >= 15 is 4.79 Å². The monoisotopic (exact) mass is 764 g/mol. The van der Waals surface area contributed by atoms with Crippen LogP contribution in [-0.4, -0.2) is 66.5 Å². The fraction of sp³-hybridized carbons (Fsp3) is 0.419. The van der Waals surface area contributed by atoms with Gasteiger partial charge in [0.25, 0.3) is 0 Å². The van der Waals surface area contributed by atoms with Gasteiger partial charge in [0.1, 0.15) is 17.3 Å². The first-order valence-corrected chi connectivity index (χ1v) is 19.0. The Hall–Kier alpha value is -5.85. The average molecular weight is 765 g/mol. The van der Waals surface area contributed by atoms with Crippen molar-refractivity contribution in [2.45, 2.75) is 83.2 Å². The summed E-state index contributed by atoms with van der Waals surface area (Å²) in [7, 11) is 4.29. The van der Waals surface area contributed by atoms with Crippen LogP contribution in [0.2, 0.25) is 0 Å². The molecule has 0 saturated heterocycles. The summed E-state index contributed by atoms with van der Waals surface area (Å²) in [6, 6.07) is 2.34. The highest BCUT2D eigenvalue weighted by Crippen LogP contribution is 2.57. The molecule has 5 aromatic rings. The third kappa shape index (κ3) is 5.45. The van der Waals surface area contributed by atoms with Gasteiger partial charge >= 0.3 is 11.9 Å². The SMILES string of the molecule is COc1c2c3c4c(c(NC5CCCC(C(=O)O)C5)c(O)c5c(=O)cc(OC)c(c6c(OC)cc(NC7CCCC(C(=O)O)C7)c(c1=O)c63)c54)C=C(C)C2C(C)=O. The molecule has 2 fully saturated rings. The maximum absolute atomic E-state index is 15.0. The van der Waals surface area contributed by atoms with Crippen LogP contribution in [0.15, 0.2) is 27.3 Å². The number of carbonyl (C=O) groups excluding carboxylic acids is 1. The van der Waals surface area contributed by atoms with Crippen molar-refractivity contribution < 1.29 is 43.9 Å². The molecule has 0 bridgehead atoms. The molecule has 5 unspecified atom stereocenters. The van der Waals surface area contributed by atoms with Crippen molar-refractivity contribution >= 4 is 78.3 Å². The Morgan fingerprint density at radius 3 is 1.84 bits per heavy atom. The number of carboxylic acid groups (broad SMARTS) is 2. The molecular weight excluding hydrogens is 720 g/mol. The van der Waals surface area contributed by atoms with Gasteiger partial charge in [0.2, 0.25) is 5.43 Å². The zero-order valence-corrected chi connectivity index (χ0v) is 31.9. The van der Waals surface area contributed by atoms with Crippen LogP contribution in [0.25, 0.3) is 49.2 Å². The van der Waals surface area contributed by atoms with E-state index in [1.165, 1.54) is 34.3 Å². The summed E-state index contributed by atoms with van der Waals surface area (Å²) in [5, 5.41) is 41.8. The van der Waals surface area contributed by atoms with Crippen molar-refractivity contribution in [1.82, 2.24) is 0 Å². The largest absolute Gasteiger partial charge is 0.505 e. The standard InChI is InChI=1S/C43H44N2O11/c1-17-12-23-29-34-31(39(48)38(23)45-22-11-7-9-20(14-22)43(52)53)25(47)16-27(55-4)33(34)32-26(54-3)15-24(44-21-10-6-8-19(13-21)42(50)51)30-36(32)35(29)37(28(17)18(2)46)41(56-5)40(30)49/h12,15-16,19-22,28,44-45,48H,6-11,13-14H2,1-5H3,(H,50,51)(H,52,53). The third-order valence-corrected chi connectivity index (χ3v) is 12.4. The van der Waals surface area contributed by atoms with Gasteiger partial charge in [-0.3, -0.25) is 24.0 Å². The van der Waals surface area contributed by atoms with E-state index in [9.17, 15) is 34.5 Å². The van der Waals surface area contributed by atoms with Crippen LogP contribution in [-0.2, 0) is 14.4 Å². The number of ether oxygens (including phenoxy) is 3. The van der Waals surface area contributed by atoms with E-state index in [1.807, 2.05) is 0 Å². The van der Waals surface area contributed by atoms with E-state index < -0.39 is 40.5 Å². The second-order valence-electron chi connectivity index (χ2n) is 15.6. The molecule has 0 spiro atoms. The summed E-state index contributed by atoms with van der Waals surface area (Å²) in [5.41, 5.74) is 0.940. The zero-order chi connectivity index (χ0) is 39.9. The lowest BCUT2D eigenvalue weighted by atomic mass is 9.80. The van der Waals surface area contributed by atoms with Crippen LogP contribution in [0, 0.1) is 11.8 Å². The van der Waals surface area contributed by atoms with Gasteiger partial charge in [-0.15, -0.1) is 0 Å². The van der Waals surface area contributed by atoms with E-state index in [4.69, 9.17) is 14.2 Å². The number of allylic oxidation sites excluding steroid dienone is 1. The van der Waals surface area contributed by atoms with Crippen LogP contribution in [0.4, 0.5) is 11.4 Å². The van der Waals surface area contributed by atoms with Gasteiger partial charge in [-0.05, 0) is 57.8 Å². The number of phenolic OH excluding ortho intramolecular Hbond substituents is 1. The van der Waals surface area contributed by atoms with E-state index in [-0.39, 0.29) is 51.6 Å². The molecule has 56 heavy (non-hydrogen) atoms. The van der Waals surface area contributed by atoms with Gasteiger partial charge in [-0.1, -0.05) is 24.5 Å². The molecule has 0 radical (unpaired) electrons. The lowest BCUT2D eigenvalue weighted by Gasteiger charge is -2.31. The van der Waals surface area contributed by atoms with Gasteiger partial charge < -0.3 is 40.2 Å². The molecule has 5 atom stereocenters. The molecule has 0 aromatic heterocycles. The number of aromatic hydroxyl groups is 1. The number of fused-ring (bicyclic) bond motifs is 1. The molecule has 5 aromatic carbocycles. The van der Waals surface area contributed by atoms with Gasteiger partial charge in [0.15, 0.2) is 16.9 Å².